The number of primary amides is 1. The summed E-state index contributed by atoms with van der Waals surface area (Å²) in [5.41, 5.74) is 8.98. The lowest BCUT2D eigenvalue weighted by Crippen LogP contribution is -2.13. The van der Waals surface area contributed by atoms with Gasteiger partial charge in [-0.2, -0.15) is 5.10 Å². The molecule has 0 aliphatic carbocycles. The van der Waals surface area contributed by atoms with Crippen molar-refractivity contribution in [3.8, 4) is 0 Å². The molecule has 0 saturated heterocycles. The summed E-state index contributed by atoms with van der Waals surface area (Å²) >= 11 is 0. The van der Waals surface area contributed by atoms with Crippen molar-refractivity contribution >= 4 is 28.6 Å². The Labute approximate surface area is 156 Å². The number of aryl methyl sites for hydroxylation is 2. The first kappa shape index (κ1) is 18.4. The molecule has 27 heavy (non-hydrogen) atoms. The maximum atomic E-state index is 12.4. The van der Waals surface area contributed by atoms with Crippen molar-refractivity contribution in [2.24, 2.45) is 12.8 Å². The van der Waals surface area contributed by atoms with Gasteiger partial charge in [0.25, 0.3) is 0 Å². The summed E-state index contributed by atoms with van der Waals surface area (Å²) in [6.45, 7) is 4.27. The standard InChI is InChI=1S/C19H21N5O3/c1-4-27-19(26)14-10-22-18-15(11(2)23-24(18)3)16(14)21-9-12-6-5-7-13(8-12)17(20)25/h5-8,10H,4,9H2,1-3H3,(H2,20,25)(H,21,22). The van der Waals surface area contributed by atoms with Crippen LogP contribution < -0.4 is 11.1 Å². The molecular formula is C19H21N5O3. The third kappa shape index (κ3) is 3.59. The Balaban J connectivity index is 2.03. The number of carbonyl (C=O) groups excluding carboxylic acids is 2. The SMILES string of the molecule is CCOC(=O)c1cnc2c(c(C)nn2C)c1NCc1cccc(C(N)=O)c1. The molecule has 0 aliphatic heterocycles. The monoisotopic (exact) mass is 367 g/mol. The Morgan fingerprint density at radius 3 is 2.81 bits per heavy atom. The minimum atomic E-state index is -0.488. The van der Waals surface area contributed by atoms with Gasteiger partial charge in [0, 0.05) is 25.4 Å². The van der Waals surface area contributed by atoms with Crippen LogP contribution in [0, 0.1) is 6.92 Å². The maximum Gasteiger partial charge on any atom is 0.341 e. The normalized spacial score (nSPS) is 10.8. The van der Waals surface area contributed by atoms with Gasteiger partial charge in [0.15, 0.2) is 5.65 Å². The van der Waals surface area contributed by atoms with E-state index in [1.165, 1.54) is 6.20 Å². The molecule has 3 aromatic rings. The average Bonchev–Trinajstić information content (AvgIpc) is 2.94. The second-order valence-corrected chi connectivity index (χ2v) is 6.09. The van der Waals surface area contributed by atoms with Crippen molar-refractivity contribution in [1.29, 1.82) is 0 Å². The molecule has 8 heteroatoms. The molecule has 0 bridgehead atoms. The third-order valence-electron chi connectivity index (χ3n) is 4.20. The van der Waals surface area contributed by atoms with E-state index in [-0.39, 0.29) is 6.61 Å². The van der Waals surface area contributed by atoms with Gasteiger partial charge < -0.3 is 15.8 Å². The van der Waals surface area contributed by atoms with Crippen LogP contribution in [-0.2, 0) is 18.3 Å². The van der Waals surface area contributed by atoms with Crippen LogP contribution in [-0.4, -0.2) is 33.2 Å². The number of aromatic nitrogens is 3. The molecule has 0 atom stereocenters. The number of esters is 1. The van der Waals surface area contributed by atoms with Gasteiger partial charge in [-0.3, -0.25) is 9.48 Å². The fourth-order valence-corrected chi connectivity index (χ4v) is 2.98. The summed E-state index contributed by atoms with van der Waals surface area (Å²) in [7, 11) is 1.80. The van der Waals surface area contributed by atoms with Crippen LogP contribution in [0.4, 0.5) is 5.69 Å². The zero-order valence-electron chi connectivity index (χ0n) is 15.4. The number of pyridine rings is 1. The first-order valence-electron chi connectivity index (χ1n) is 8.54. The molecule has 0 aliphatic rings. The zero-order valence-corrected chi connectivity index (χ0v) is 15.4. The van der Waals surface area contributed by atoms with Crippen molar-refractivity contribution in [1.82, 2.24) is 14.8 Å². The van der Waals surface area contributed by atoms with Crippen LogP contribution >= 0.6 is 0 Å². The van der Waals surface area contributed by atoms with E-state index in [0.717, 1.165) is 16.6 Å². The Morgan fingerprint density at radius 1 is 1.33 bits per heavy atom. The largest absolute Gasteiger partial charge is 0.462 e. The maximum absolute atomic E-state index is 12.4. The number of amides is 1. The quantitative estimate of drug-likeness (QED) is 0.646. The van der Waals surface area contributed by atoms with E-state index in [4.69, 9.17) is 10.5 Å². The smallest absolute Gasteiger partial charge is 0.341 e. The highest BCUT2D eigenvalue weighted by atomic mass is 16.5. The topological polar surface area (TPSA) is 112 Å². The number of anilines is 1. The van der Waals surface area contributed by atoms with E-state index in [0.29, 0.717) is 29.0 Å². The number of benzene rings is 1. The van der Waals surface area contributed by atoms with E-state index < -0.39 is 11.9 Å². The number of carbonyl (C=O) groups is 2. The molecule has 2 aromatic heterocycles. The number of nitrogens with two attached hydrogens (primary N) is 1. The van der Waals surface area contributed by atoms with E-state index in [1.807, 2.05) is 13.0 Å². The van der Waals surface area contributed by atoms with Crippen LogP contribution in [0.15, 0.2) is 30.5 Å². The molecule has 2 heterocycles. The summed E-state index contributed by atoms with van der Waals surface area (Å²) in [4.78, 5) is 28.1. The molecule has 0 spiro atoms. The molecule has 0 fully saturated rings. The zero-order chi connectivity index (χ0) is 19.6. The Morgan fingerprint density at radius 2 is 2.11 bits per heavy atom. The number of rotatable bonds is 6. The Bertz CT molecular complexity index is 1030. The molecule has 0 unspecified atom stereocenters. The Hall–Kier alpha value is -3.42. The first-order valence-corrected chi connectivity index (χ1v) is 8.54. The van der Waals surface area contributed by atoms with Gasteiger partial charge in [0.05, 0.1) is 23.4 Å². The molecular weight excluding hydrogens is 346 g/mol. The summed E-state index contributed by atoms with van der Waals surface area (Å²) in [6, 6.07) is 7.01. The summed E-state index contributed by atoms with van der Waals surface area (Å²) in [6.07, 6.45) is 1.49. The van der Waals surface area contributed by atoms with E-state index in [2.05, 4.69) is 15.4 Å². The number of fused-ring (bicyclic) bond motifs is 1. The van der Waals surface area contributed by atoms with Crippen molar-refractivity contribution in [3.63, 3.8) is 0 Å². The summed E-state index contributed by atoms with van der Waals surface area (Å²) < 4.78 is 6.82. The van der Waals surface area contributed by atoms with Crippen molar-refractivity contribution < 1.29 is 14.3 Å². The second kappa shape index (κ2) is 7.45. The highest BCUT2D eigenvalue weighted by Crippen LogP contribution is 2.29. The molecule has 140 valence electrons. The Kier molecular flexibility index (Phi) is 5.07. The molecule has 3 N–H and O–H groups in total. The van der Waals surface area contributed by atoms with Crippen LogP contribution in [0.25, 0.3) is 11.0 Å². The summed E-state index contributed by atoms with van der Waals surface area (Å²) in [5, 5.41) is 8.43. The van der Waals surface area contributed by atoms with Gasteiger partial charge in [0.2, 0.25) is 5.91 Å². The molecule has 1 aromatic carbocycles. The third-order valence-corrected chi connectivity index (χ3v) is 4.20. The first-order chi connectivity index (χ1) is 12.9. The minimum Gasteiger partial charge on any atom is -0.462 e. The van der Waals surface area contributed by atoms with Gasteiger partial charge in [-0.05, 0) is 31.5 Å². The van der Waals surface area contributed by atoms with Crippen molar-refractivity contribution in [3.05, 3.63) is 52.8 Å². The van der Waals surface area contributed by atoms with Crippen molar-refractivity contribution in [2.45, 2.75) is 20.4 Å². The predicted molar refractivity (Wildman–Crippen MR) is 101 cm³/mol. The van der Waals surface area contributed by atoms with E-state index in [1.54, 1.807) is 36.9 Å². The number of hydrogen-bond donors (Lipinski definition) is 2. The molecule has 1 amide bonds. The van der Waals surface area contributed by atoms with Crippen LogP contribution in [0.1, 0.15) is 38.9 Å². The molecule has 8 nitrogen and oxygen atoms in total. The number of nitrogens with one attached hydrogen (secondary N) is 1. The molecule has 0 saturated carbocycles. The lowest BCUT2D eigenvalue weighted by molar-refractivity contribution is 0.0527. The van der Waals surface area contributed by atoms with Crippen LogP contribution in [0.3, 0.4) is 0 Å². The summed E-state index contributed by atoms with van der Waals surface area (Å²) in [5.74, 6) is -0.943. The van der Waals surface area contributed by atoms with Gasteiger partial charge in [-0.15, -0.1) is 0 Å². The number of nitrogens with zero attached hydrogens (tertiary/aromatic N) is 3. The highest BCUT2D eigenvalue weighted by molar-refractivity contribution is 6.05. The second-order valence-electron chi connectivity index (χ2n) is 6.09. The lowest BCUT2D eigenvalue weighted by Gasteiger charge is -2.13. The van der Waals surface area contributed by atoms with Crippen molar-refractivity contribution in [2.75, 3.05) is 11.9 Å². The van der Waals surface area contributed by atoms with Gasteiger partial charge in [0.1, 0.15) is 5.56 Å². The van der Waals surface area contributed by atoms with E-state index >= 15 is 0 Å². The highest BCUT2D eigenvalue weighted by Gasteiger charge is 2.20. The minimum absolute atomic E-state index is 0.267. The average molecular weight is 367 g/mol. The molecule has 0 radical (unpaired) electrons. The van der Waals surface area contributed by atoms with Crippen LogP contribution in [0.2, 0.25) is 0 Å². The predicted octanol–water partition coefficient (Wildman–Crippen LogP) is 2.16. The fraction of sp³-hybridized carbons (Fsp3) is 0.263. The number of ether oxygens (including phenoxy) is 1. The molecule has 3 rings (SSSR count). The fourth-order valence-electron chi connectivity index (χ4n) is 2.98. The van der Waals surface area contributed by atoms with E-state index in [9.17, 15) is 9.59 Å². The van der Waals surface area contributed by atoms with Gasteiger partial charge in [-0.1, -0.05) is 12.1 Å². The van der Waals surface area contributed by atoms with Gasteiger partial charge in [-0.25, -0.2) is 9.78 Å². The number of hydrogen-bond acceptors (Lipinski definition) is 6. The van der Waals surface area contributed by atoms with Crippen LogP contribution in [0.5, 0.6) is 0 Å². The lowest BCUT2D eigenvalue weighted by atomic mass is 10.1. The van der Waals surface area contributed by atoms with Gasteiger partial charge >= 0.3 is 5.97 Å².